The van der Waals surface area contributed by atoms with Crippen LogP contribution in [-0.4, -0.2) is 0 Å². The lowest BCUT2D eigenvalue weighted by atomic mass is 9.81. The molecule has 2 unspecified atom stereocenters. The standard InChI is InChI=1S/C24H35P/c1-4-5-6-7-8-12-17-21(20-15-10-9-11-16-20)22-18-13-14-19-23(22)24(2,3)25/h9-11,13-16,18-19,21H,4-8,12,17,25H2,1-3H3. The highest BCUT2D eigenvalue weighted by molar-refractivity contribution is 7.18. The molecule has 0 aromatic heterocycles. The Balaban J connectivity index is 2.19. The molecular formula is C24H35P. The van der Waals surface area contributed by atoms with Crippen LogP contribution in [0.2, 0.25) is 0 Å². The SMILES string of the molecule is CCCCCCCCC(c1ccccc1)c1ccccc1C(C)(C)P. The zero-order valence-corrected chi connectivity index (χ0v) is 17.5. The van der Waals surface area contributed by atoms with E-state index in [0.29, 0.717) is 5.92 Å². The van der Waals surface area contributed by atoms with Gasteiger partial charge in [0.25, 0.3) is 0 Å². The topological polar surface area (TPSA) is 0 Å². The van der Waals surface area contributed by atoms with Crippen LogP contribution in [0.5, 0.6) is 0 Å². The highest BCUT2D eigenvalue weighted by Gasteiger charge is 2.23. The number of hydrogen-bond acceptors (Lipinski definition) is 0. The molecule has 2 atom stereocenters. The first-order valence-corrected chi connectivity index (χ1v) is 10.5. The second-order valence-corrected chi connectivity index (χ2v) is 9.27. The lowest BCUT2D eigenvalue weighted by Gasteiger charge is -2.28. The Labute approximate surface area is 157 Å². The highest BCUT2D eigenvalue weighted by Crippen LogP contribution is 2.39. The Kier molecular flexibility index (Phi) is 8.17. The molecule has 0 aliphatic carbocycles. The predicted octanol–water partition coefficient (Wildman–Crippen LogP) is 7.68. The molecular weight excluding hydrogens is 319 g/mol. The van der Waals surface area contributed by atoms with E-state index in [9.17, 15) is 0 Å². The normalized spacial score (nSPS) is 13.0. The van der Waals surface area contributed by atoms with Crippen molar-refractivity contribution in [1.82, 2.24) is 0 Å². The quantitative estimate of drug-likeness (QED) is 0.303. The lowest BCUT2D eigenvalue weighted by molar-refractivity contribution is 0.564. The van der Waals surface area contributed by atoms with E-state index in [2.05, 4.69) is 84.6 Å². The van der Waals surface area contributed by atoms with Crippen molar-refractivity contribution in [1.29, 1.82) is 0 Å². The van der Waals surface area contributed by atoms with Crippen molar-refractivity contribution in [3.8, 4) is 0 Å². The summed E-state index contributed by atoms with van der Waals surface area (Å²) < 4.78 is 0. The zero-order chi connectivity index (χ0) is 18.1. The van der Waals surface area contributed by atoms with E-state index in [0.717, 1.165) is 0 Å². The Hall–Kier alpha value is -1.13. The Morgan fingerprint density at radius 2 is 1.40 bits per heavy atom. The van der Waals surface area contributed by atoms with Gasteiger partial charge in [-0.15, -0.1) is 9.24 Å². The van der Waals surface area contributed by atoms with Crippen LogP contribution in [0.25, 0.3) is 0 Å². The van der Waals surface area contributed by atoms with Crippen molar-refractivity contribution in [3.63, 3.8) is 0 Å². The summed E-state index contributed by atoms with van der Waals surface area (Å²) in [7, 11) is 3.02. The van der Waals surface area contributed by atoms with Gasteiger partial charge in [-0.3, -0.25) is 0 Å². The van der Waals surface area contributed by atoms with E-state index in [1.165, 1.54) is 61.6 Å². The molecule has 25 heavy (non-hydrogen) atoms. The fourth-order valence-electron chi connectivity index (χ4n) is 3.70. The lowest BCUT2D eigenvalue weighted by Crippen LogP contribution is -2.14. The molecule has 2 aromatic carbocycles. The van der Waals surface area contributed by atoms with Gasteiger partial charge in [0.1, 0.15) is 0 Å². The summed E-state index contributed by atoms with van der Waals surface area (Å²) in [6.07, 6.45) is 9.39. The van der Waals surface area contributed by atoms with E-state index < -0.39 is 0 Å². The molecule has 0 fully saturated rings. The van der Waals surface area contributed by atoms with E-state index in [1.807, 2.05) is 0 Å². The summed E-state index contributed by atoms with van der Waals surface area (Å²) >= 11 is 0. The molecule has 0 N–H and O–H groups in total. The maximum atomic E-state index is 3.02. The van der Waals surface area contributed by atoms with Crippen molar-refractivity contribution < 1.29 is 0 Å². The van der Waals surface area contributed by atoms with Crippen LogP contribution in [-0.2, 0) is 5.16 Å². The van der Waals surface area contributed by atoms with Gasteiger partial charge in [0.05, 0.1) is 0 Å². The smallest absolute Gasteiger partial charge is 0.00924 e. The van der Waals surface area contributed by atoms with Gasteiger partial charge >= 0.3 is 0 Å². The summed E-state index contributed by atoms with van der Waals surface area (Å²) in [5.41, 5.74) is 4.42. The first kappa shape index (κ1) is 20.2. The molecule has 0 bridgehead atoms. The Morgan fingerprint density at radius 1 is 0.800 bits per heavy atom. The average molecular weight is 355 g/mol. The number of benzene rings is 2. The summed E-state index contributed by atoms with van der Waals surface area (Å²) in [6, 6.07) is 20.1. The molecule has 1 heteroatoms. The molecule has 0 nitrogen and oxygen atoms in total. The van der Waals surface area contributed by atoms with Crippen LogP contribution in [0, 0.1) is 0 Å². The second-order valence-electron chi connectivity index (χ2n) is 7.83. The molecule has 136 valence electrons. The minimum atomic E-state index is 0.102. The van der Waals surface area contributed by atoms with Gasteiger partial charge in [0.2, 0.25) is 0 Å². The van der Waals surface area contributed by atoms with E-state index >= 15 is 0 Å². The third-order valence-electron chi connectivity index (χ3n) is 5.08. The van der Waals surface area contributed by atoms with Gasteiger partial charge < -0.3 is 0 Å². The Bertz CT molecular complexity index is 609. The number of hydrogen-bond donors (Lipinski definition) is 0. The van der Waals surface area contributed by atoms with Crippen molar-refractivity contribution in [3.05, 3.63) is 71.3 Å². The molecule has 0 saturated heterocycles. The van der Waals surface area contributed by atoms with Crippen LogP contribution in [0.3, 0.4) is 0 Å². The molecule has 2 rings (SSSR count). The molecule has 2 aromatic rings. The first-order chi connectivity index (χ1) is 12.0. The summed E-state index contributed by atoms with van der Waals surface area (Å²) in [4.78, 5) is 0. The molecule has 0 amide bonds. The van der Waals surface area contributed by atoms with Gasteiger partial charge in [-0.25, -0.2) is 0 Å². The third-order valence-corrected chi connectivity index (χ3v) is 5.39. The van der Waals surface area contributed by atoms with E-state index in [4.69, 9.17) is 0 Å². The van der Waals surface area contributed by atoms with Crippen molar-refractivity contribution in [2.45, 2.75) is 76.8 Å². The van der Waals surface area contributed by atoms with Gasteiger partial charge in [0.15, 0.2) is 0 Å². The molecule has 0 heterocycles. The van der Waals surface area contributed by atoms with Crippen LogP contribution in [0.15, 0.2) is 54.6 Å². The van der Waals surface area contributed by atoms with Crippen molar-refractivity contribution in [2.24, 2.45) is 0 Å². The van der Waals surface area contributed by atoms with Gasteiger partial charge in [-0.05, 0) is 23.1 Å². The fraction of sp³-hybridized carbons (Fsp3) is 0.500. The monoisotopic (exact) mass is 354 g/mol. The Morgan fingerprint density at radius 3 is 2.08 bits per heavy atom. The molecule has 0 saturated carbocycles. The van der Waals surface area contributed by atoms with Gasteiger partial charge in [0, 0.05) is 11.1 Å². The predicted molar refractivity (Wildman–Crippen MR) is 115 cm³/mol. The van der Waals surface area contributed by atoms with Crippen molar-refractivity contribution in [2.75, 3.05) is 0 Å². The summed E-state index contributed by atoms with van der Waals surface area (Å²) in [5, 5.41) is 0.102. The minimum absolute atomic E-state index is 0.102. The zero-order valence-electron chi connectivity index (χ0n) is 16.3. The van der Waals surface area contributed by atoms with Gasteiger partial charge in [-0.1, -0.05) is 114 Å². The number of unbranched alkanes of at least 4 members (excludes halogenated alkanes) is 5. The maximum absolute atomic E-state index is 3.02. The molecule has 0 aliphatic rings. The average Bonchev–Trinajstić information content (AvgIpc) is 2.61. The van der Waals surface area contributed by atoms with Crippen LogP contribution in [0.4, 0.5) is 0 Å². The second kappa shape index (κ2) is 10.1. The van der Waals surface area contributed by atoms with Crippen LogP contribution < -0.4 is 0 Å². The maximum Gasteiger partial charge on any atom is 0.00924 e. The molecule has 0 aliphatic heterocycles. The van der Waals surface area contributed by atoms with E-state index in [-0.39, 0.29) is 5.16 Å². The first-order valence-electron chi connectivity index (χ1n) is 9.97. The van der Waals surface area contributed by atoms with Crippen LogP contribution >= 0.6 is 9.24 Å². The number of rotatable bonds is 10. The summed E-state index contributed by atoms with van der Waals surface area (Å²) in [6.45, 7) is 6.87. The third kappa shape index (κ3) is 6.27. The molecule has 0 spiro atoms. The summed E-state index contributed by atoms with van der Waals surface area (Å²) in [5.74, 6) is 0.503. The largest absolute Gasteiger partial charge is 0.127 e. The molecule has 0 radical (unpaired) electrons. The van der Waals surface area contributed by atoms with E-state index in [1.54, 1.807) is 0 Å². The van der Waals surface area contributed by atoms with Crippen molar-refractivity contribution >= 4 is 9.24 Å². The fourth-order valence-corrected chi connectivity index (χ4v) is 3.97. The van der Waals surface area contributed by atoms with Gasteiger partial charge in [-0.2, -0.15) is 0 Å². The minimum Gasteiger partial charge on any atom is -0.127 e. The highest BCUT2D eigenvalue weighted by atomic mass is 31.0. The van der Waals surface area contributed by atoms with Crippen LogP contribution in [0.1, 0.15) is 88.3 Å².